The lowest BCUT2D eigenvalue weighted by molar-refractivity contribution is 0.364. The molecule has 0 spiro atoms. The van der Waals surface area contributed by atoms with Crippen LogP contribution < -0.4 is 9.47 Å². The highest BCUT2D eigenvalue weighted by molar-refractivity contribution is 7.71. The molecule has 0 aliphatic heterocycles. The molecule has 0 N–H and O–H groups in total. The Balaban J connectivity index is 1.49. The van der Waals surface area contributed by atoms with Gasteiger partial charge in [0.2, 0.25) is 0 Å². The van der Waals surface area contributed by atoms with Gasteiger partial charge in [-0.3, -0.25) is 4.57 Å². The number of aromatic nitrogens is 2. The van der Waals surface area contributed by atoms with E-state index in [9.17, 15) is 0 Å². The number of fused-ring (bicyclic) bond motifs is 1. The summed E-state index contributed by atoms with van der Waals surface area (Å²) < 4.78 is 14.0. The highest BCUT2D eigenvalue weighted by Gasteiger charge is 2.10. The van der Waals surface area contributed by atoms with E-state index in [-0.39, 0.29) is 13.2 Å². The molecule has 0 fully saturated rings. The van der Waals surface area contributed by atoms with Crippen LogP contribution >= 0.6 is 23.8 Å². The van der Waals surface area contributed by atoms with E-state index in [1.54, 1.807) is 30.5 Å². The van der Waals surface area contributed by atoms with Crippen LogP contribution in [0.2, 0.25) is 5.02 Å². The van der Waals surface area contributed by atoms with E-state index in [2.05, 4.69) is 16.8 Å². The Morgan fingerprint density at radius 2 is 1.63 bits per heavy atom. The number of para-hydroxylation sites is 1. The van der Waals surface area contributed by atoms with Crippen LogP contribution in [0, 0.1) is 16.5 Å². The van der Waals surface area contributed by atoms with Gasteiger partial charge in [0, 0.05) is 23.0 Å². The first-order chi connectivity index (χ1) is 14.7. The van der Waals surface area contributed by atoms with Crippen LogP contribution in [-0.2, 0) is 0 Å². The summed E-state index contributed by atoms with van der Waals surface area (Å²) in [4.78, 5) is 4.53. The Hall–Kier alpha value is -3.33. The summed E-state index contributed by atoms with van der Waals surface area (Å²) in [5, 5.41) is 1.54. The van der Waals surface area contributed by atoms with Gasteiger partial charge in [-0.05, 0) is 48.5 Å². The smallest absolute Gasteiger partial charge is 0.149 e. The first kappa shape index (κ1) is 20.0. The maximum atomic E-state index is 5.89. The Labute approximate surface area is 184 Å². The Morgan fingerprint density at radius 1 is 0.900 bits per heavy atom. The van der Waals surface area contributed by atoms with Gasteiger partial charge in [0.15, 0.2) is 0 Å². The molecule has 148 valence electrons. The number of benzene rings is 2. The lowest BCUT2D eigenvalue weighted by atomic mass is 10.2. The second-order valence-electron chi connectivity index (χ2n) is 6.28. The zero-order chi connectivity index (χ0) is 20.8. The van der Waals surface area contributed by atoms with E-state index in [1.807, 2.05) is 53.1 Å². The van der Waals surface area contributed by atoms with Crippen molar-refractivity contribution >= 4 is 34.9 Å². The number of hydrogen-bond acceptors (Lipinski definition) is 4. The lowest BCUT2D eigenvalue weighted by Crippen LogP contribution is -2.04. The third-order valence-corrected chi connectivity index (χ3v) is 4.86. The highest BCUT2D eigenvalue weighted by Crippen LogP contribution is 2.27. The van der Waals surface area contributed by atoms with Crippen LogP contribution in [-0.4, -0.2) is 22.8 Å². The summed E-state index contributed by atoms with van der Waals surface area (Å²) in [6.45, 7) is 0.487. The molecule has 0 amide bonds. The van der Waals surface area contributed by atoms with Gasteiger partial charge in [-0.15, -0.1) is 0 Å². The summed E-state index contributed by atoms with van der Waals surface area (Å²) in [6.07, 6.45) is 1.74. The van der Waals surface area contributed by atoms with Crippen molar-refractivity contribution in [2.24, 2.45) is 0 Å². The number of rotatable bonds is 5. The zero-order valence-electron chi connectivity index (χ0n) is 15.9. The molecule has 0 saturated heterocycles. The number of hydrogen-bond donors (Lipinski definition) is 0. The van der Waals surface area contributed by atoms with Crippen LogP contribution in [0.5, 0.6) is 11.5 Å². The second kappa shape index (κ2) is 9.45. The number of nitrogens with zero attached hydrogens (tertiary/aromatic N) is 2. The minimum atomic E-state index is 0.220. The van der Waals surface area contributed by atoms with Gasteiger partial charge in [-0.1, -0.05) is 53.9 Å². The Bertz CT molecular complexity index is 1280. The fourth-order valence-electron chi connectivity index (χ4n) is 2.94. The van der Waals surface area contributed by atoms with Crippen molar-refractivity contribution in [3.8, 4) is 29.0 Å². The summed E-state index contributed by atoms with van der Waals surface area (Å²) >= 11 is 11.5. The van der Waals surface area contributed by atoms with E-state index in [0.29, 0.717) is 15.4 Å². The van der Waals surface area contributed by atoms with E-state index in [4.69, 9.17) is 33.3 Å². The number of pyridine rings is 2. The molecular weight excluding hydrogens is 416 g/mol. The van der Waals surface area contributed by atoms with Gasteiger partial charge < -0.3 is 9.47 Å². The first-order valence-corrected chi connectivity index (χ1v) is 10.0. The first-order valence-electron chi connectivity index (χ1n) is 9.25. The van der Waals surface area contributed by atoms with E-state index < -0.39 is 0 Å². The van der Waals surface area contributed by atoms with Crippen molar-refractivity contribution in [3.63, 3.8) is 0 Å². The average molecular weight is 433 g/mol. The fourth-order valence-corrected chi connectivity index (χ4v) is 3.36. The van der Waals surface area contributed by atoms with E-state index in [0.717, 1.165) is 22.5 Å². The van der Waals surface area contributed by atoms with Gasteiger partial charge in [-0.2, -0.15) is 0 Å². The molecular formula is C24H17ClN2O2S. The molecule has 0 atom stereocenters. The quantitative estimate of drug-likeness (QED) is 0.292. The third kappa shape index (κ3) is 4.62. The Kier molecular flexibility index (Phi) is 6.29. The van der Waals surface area contributed by atoms with Gasteiger partial charge in [0.1, 0.15) is 35.0 Å². The summed E-state index contributed by atoms with van der Waals surface area (Å²) in [7, 11) is 0. The molecule has 0 bridgehead atoms. The molecule has 0 saturated carbocycles. The highest BCUT2D eigenvalue weighted by atomic mass is 35.5. The molecule has 0 radical (unpaired) electrons. The van der Waals surface area contributed by atoms with Gasteiger partial charge in [0.25, 0.3) is 0 Å². The monoisotopic (exact) mass is 432 g/mol. The zero-order valence-corrected chi connectivity index (χ0v) is 17.5. The molecule has 6 heteroatoms. The van der Waals surface area contributed by atoms with Crippen molar-refractivity contribution in [3.05, 3.63) is 88.7 Å². The SMILES string of the molecule is S=c1cc(OCC#CCOc2ccc(Cl)cc2)c2cccnc2n1-c1ccccc1. The summed E-state index contributed by atoms with van der Waals surface area (Å²) in [5.41, 5.74) is 1.70. The molecule has 4 nitrogen and oxygen atoms in total. The number of halogens is 1. The second-order valence-corrected chi connectivity index (χ2v) is 7.13. The maximum Gasteiger partial charge on any atom is 0.149 e. The summed E-state index contributed by atoms with van der Waals surface area (Å²) in [6, 6.07) is 22.7. The minimum absolute atomic E-state index is 0.220. The van der Waals surface area contributed by atoms with E-state index in [1.165, 1.54) is 0 Å². The third-order valence-electron chi connectivity index (χ3n) is 4.30. The molecule has 2 aromatic heterocycles. The topological polar surface area (TPSA) is 36.3 Å². The number of ether oxygens (including phenoxy) is 2. The molecule has 2 heterocycles. The molecule has 0 aliphatic rings. The summed E-state index contributed by atoms with van der Waals surface area (Å²) in [5.74, 6) is 7.28. The van der Waals surface area contributed by atoms with Crippen molar-refractivity contribution in [2.75, 3.05) is 13.2 Å². The molecule has 4 rings (SSSR count). The van der Waals surface area contributed by atoms with Crippen LogP contribution in [0.25, 0.3) is 16.7 Å². The largest absolute Gasteiger partial charge is 0.481 e. The predicted molar refractivity (Wildman–Crippen MR) is 122 cm³/mol. The van der Waals surface area contributed by atoms with Crippen molar-refractivity contribution < 1.29 is 9.47 Å². The van der Waals surface area contributed by atoms with Crippen molar-refractivity contribution in [2.45, 2.75) is 0 Å². The van der Waals surface area contributed by atoms with E-state index >= 15 is 0 Å². The normalized spacial score (nSPS) is 10.3. The minimum Gasteiger partial charge on any atom is -0.481 e. The molecule has 0 aliphatic carbocycles. The van der Waals surface area contributed by atoms with Gasteiger partial charge in [0.05, 0.1) is 5.39 Å². The van der Waals surface area contributed by atoms with Crippen molar-refractivity contribution in [1.82, 2.24) is 9.55 Å². The fraction of sp³-hybridized carbons (Fsp3) is 0.0833. The molecule has 0 unspecified atom stereocenters. The molecule has 30 heavy (non-hydrogen) atoms. The maximum absolute atomic E-state index is 5.89. The van der Waals surface area contributed by atoms with Crippen molar-refractivity contribution in [1.29, 1.82) is 0 Å². The Morgan fingerprint density at radius 3 is 2.40 bits per heavy atom. The van der Waals surface area contributed by atoms with Gasteiger partial charge >= 0.3 is 0 Å². The van der Waals surface area contributed by atoms with Crippen LogP contribution in [0.3, 0.4) is 0 Å². The van der Waals surface area contributed by atoms with Crippen LogP contribution in [0.4, 0.5) is 0 Å². The van der Waals surface area contributed by atoms with Crippen LogP contribution in [0.15, 0.2) is 79.0 Å². The molecule has 4 aromatic rings. The lowest BCUT2D eigenvalue weighted by Gasteiger charge is -2.13. The van der Waals surface area contributed by atoms with Gasteiger partial charge in [-0.25, -0.2) is 4.98 Å². The molecule has 2 aromatic carbocycles. The standard InChI is InChI=1S/C24H17ClN2O2S/c25-18-10-12-20(13-11-18)28-15-4-5-16-29-22-17-23(30)27(19-7-2-1-3-8-19)24-21(22)9-6-14-26-24/h1-3,6-14,17H,15-16H2. The van der Waals surface area contributed by atoms with Crippen LogP contribution in [0.1, 0.15) is 0 Å². The average Bonchev–Trinajstić information content (AvgIpc) is 2.78. The predicted octanol–water partition coefficient (Wildman–Crippen LogP) is 5.87.